The largest absolute Gasteiger partial charge is 0.374 e. The van der Waals surface area contributed by atoms with E-state index in [9.17, 15) is 0 Å². The van der Waals surface area contributed by atoms with Crippen LogP contribution in [0.1, 0.15) is 26.7 Å². The highest BCUT2D eigenvalue weighted by Gasteiger charge is 2.11. The summed E-state index contributed by atoms with van der Waals surface area (Å²) >= 11 is 0. The third-order valence-corrected chi connectivity index (χ3v) is 1.48. The molecular weight excluding hydrogens is 112 g/mol. The molecule has 1 saturated heterocycles. The maximum absolute atomic E-state index is 5.39. The van der Waals surface area contributed by atoms with Crippen LogP contribution in [0.2, 0.25) is 0 Å². The highest BCUT2D eigenvalue weighted by atomic mass is 16.5. The molecule has 0 unspecified atom stereocenters. The molecule has 0 spiro atoms. The van der Waals surface area contributed by atoms with Crippen molar-refractivity contribution in [3.63, 3.8) is 0 Å². The van der Waals surface area contributed by atoms with Crippen LogP contribution in [0, 0.1) is 0 Å². The van der Waals surface area contributed by atoms with Crippen LogP contribution in [0.15, 0.2) is 11.6 Å². The summed E-state index contributed by atoms with van der Waals surface area (Å²) in [5, 5.41) is 0. The monoisotopic (exact) mass is 126 g/mol. The minimum absolute atomic E-state index is 0.426. The van der Waals surface area contributed by atoms with Gasteiger partial charge in [0.25, 0.3) is 0 Å². The van der Waals surface area contributed by atoms with Crippen LogP contribution in [0.25, 0.3) is 0 Å². The molecular formula is C8H14O. The van der Waals surface area contributed by atoms with E-state index in [1.807, 2.05) is 0 Å². The van der Waals surface area contributed by atoms with Crippen molar-refractivity contribution in [2.45, 2.75) is 32.8 Å². The van der Waals surface area contributed by atoms with Crippen LogP contribution in [-0.2, 0) is 4.74 Å². The fourth-order valence-electron chi connectivity index (χ4n) is 1.11. The predicted octanol–water partition coefficient (Wildman–Crippen LogP) is 2.13. The number of rotatable bonds is 1. The molecule has 0 saturated carbocycles. The minimum Gasteiger partial charge on any atom is -0.374 e. The second kappa shape index (κ2) is 3.02. The summed E-state index contributed by atoms with van der Waals surface area (Å²) in [4.78, 5) is 0. The van der Waals surface area contributed by atoms with Gasteiger partial charge in [0.1, 0.15) is 0 Å². The van der Waals surface area contributed by atoms with E-state index in [1.165, 1.54) is 18.4 Å². The maximum atomic E-state index is 5.39. The highest BCUT2D eigenvalue weighted by Crippen LogP contribution is 2.14. The summed E-state index contributed by atoms with van der Waals surface area (Å²) in [6.07, 6.45) is 5.07. The normalized spacial score (nSPS) is 26.2. The number of allylic oxidation sites excluding steroid dienone is 1. The average molecular weight is 126 g/mol. The van der Waals surface area contributed by atoms with Gasteiger partial charge in [0, 0.05) is 6.61 Å². The van der Waals surface area contributed by atoms with E-state index in [-0.39, 0.29) is 0 Å². The first-order chi connectivity index (χ1) is 4.29. The number of ether oxygens (including phenoxy) is 1. The lowest BCUT2D eigenvalue weighted by Gasteiger charge is -2.01. The maximum Gasteiger partial charge on any atom is 0.0759 e. The van der Waals surface area contributed by atoms with E-state index in [4.69, 9.17) is 4.74 Å². The van der Waals surface area contributed by atoms with Gasteiger partial charge in [-0.2, -0.15) is 0 Å². The van der Waals surface area contributed by atoms with Crippen molar-refractivity contribution in [2.24, 2.45) is 0 Å². The van der Waals surface area contributed by atoms with Crippen molar-refractivity contribution in [1.82, 2.24) is 0 Å². The Morgan fingerprint density at radius 2 is 2.33 bits per heavy atom. The zero-order chi connectivity index (χ0) is 6.69. The minimum atomic E-state index is 0.426. The second-order valence-electron chi connectivity index (χ2n) is 2.80. The van der Waals surface area contributed by atoms with E-state index < -0.39 is 0 Å². The van der Waals surface area contributed by atoms with E-state index in [2.05, 4.69) is 19.9 Å². The van der Waals surface area contributed by atoms with Crippen molar-refractivity contribution in [2.75, 3.05) is 6.61 Å². The van der Waals surface area contributed by atoms with Crippen LogP contribution in [0.5, 0.6) is 0 Å². The fourth-order valence-corrected chi connectivity index (χ4v) is 1.11. The zero-order valence-electron chi connectivity index (χ0n) is 6.18. The van der Waals surface area contributed by atoms with Gasteiger partial charge in [0.05, 0.1) is 6.10 Å². The van der Waals surface area contributed by atoms with Crippen LogP contribution in [0.4, 0.5) is 0 Å². The van der Waals surface area contributed by atoms with E-state index >= 15 is 0 Å². The molecule has 0 aromatic heterocycles. The molecule has 1 fully saturated rings. The molecule has 1 aliphatic rings. The Balaban J connectivity index is 2.35. The Labute approximate surface area is 56.7 Å². The van der Waals surface area contributed by atoms with Crippen molar-refractivity contribution >= 4 is 0 Å². The average Bonchev–Trinajstić information content (AvgIpc) is 2.15. The zero-order valence-corrected chi connectivity index (χ0v) is 6.18. The quantitative estimate of drug-likeness (QED) is 0.489. The van der Waals surface area contributed by atoms with Gasteiger partial charge in [0.15, 0.2) is 0 Å². The lowest BCUT2D eigenvalue weighted by molar-refractivity contribution is 0.145. The molecule has 1 heterocycles. The van der Waals surface area contributed by atoms with Crippen LogP contribution in [-0.4, -0.2) is 12.7 Å². The molecule has 0 amide bonds. The Morgan fingerprint density at radius 3 is 2.78 bits per heavy atom. The van der Waals surface area contributed by atoms with Gasteiger partial charge in [-0.25, -0.2) is 0 Å². The third-order valence-electron chi connectivity index (χ3n) is 1.48. The Morgan fingerprint density at radius 1 is 1.56 bits per heavy atom. The molecule has 0 aromatic rings. The summed E-state index contributed by atoms with van der Waals surface area (Å²) in [6, 6.07) is 0. The van der Waals surface area contributed by atoms with Gasteiger partial charge >= 0.3 is 0 Å². The molecule has 0 N–H and O–H groups in total. The SMILES string of the molecule is CC(C)=C[C@H]1CCCO1. The summed E-state index contributed by atoms with van der Waals surface area (Å²) < 4.78 is 5.39. The molecule has 0 bridgehead atoms. The highest BCUT2D eigenvalue weighted by molar-refractivity contribution is 4.99. The van der Waals surface area contributed by atoms with Crippen molar-refractivity contribution < 1.29 is 4.74 Å². The Bertz CT molecular complexity index is 106. The molecule has 1 heteroatoms. The molecule has 9 heavy (non-hydrogen) atoms. The van der Waals surface area contributed by atoms with E-state index in [0.717, 1.165) is 6.61 Å². The lowest BCUT2D eigenvalue weighted by atomic mass is 10.2. The fraction of sp³-hybridized carbons (Fsp3) is 0.750. The predicted molar refractivity (Wildman–Crippen MR) is 38.4 cm³/mol. The first-order valence-electron chi connectivity index (χ1n) is 3.55. The third kappa shape index (κ3) is 2.19. The molecule has 1 atom stereocenters. The van der Waals surface area contributed by atoms with Gasteiger partial charge in [-0.1, -0.05) is 11.6 Å². The summed E-state index contributed by atoms with van der Waals surface area (Å²) in [5.74, 6) is 0. The first kappa shape index (κ1) is 6.81. The molecule has 1 nitrogen and oxygen atoms in total. The van der Waals surface area contributed by atoms with Crippen molar-refractivity contribution in [3.8, 4) is 0 Å². The second-order valence-corrected chi connectivity index (χ2v) is 2.80. The van der Waals surface area contributed by atoms with Crippen LogP contribution in [0.3, 0.4) is 0 Å². The number of hydrogen-bond donors (Lipinski definition) is 0. The molecule has 0 radical (unpaired) electrons. The lowest BCUT2D eigenvalue weighted by Crippen LogP contribution is -1.99. The molecule has 0 aromatic carbocycles. The van der Waals surface area contributed by atoms with Crippen LogP contribution >= 0.6 is 0 Å². The molecule has 1 aliphatic heterocycles. The Hall–Kier alpha value is -0.300. The Kier molecular flexibility index (Phi) is 2.29. The van der Waals surface area contributed by atoms with Crippen molar-refractivity contribution in [3.05, 3.63) is 11.6 Å². The molecule has 0 aliphatic carbocycles. The summed E-state index contributed by atoms with van der Waals surface area (Å²) in [7, 11) is 0. The van der Waals surface area contributed by atoms with Gasteiger partial charge in [-0.05, 0) is 26.7 Å². The summed E-state index contributed by atoms with van der Waals surface area (Å²) in [5.41, 5.74) is 1.36. The topological polar surface area (TPSA) is 9.23 Å². The van der Waals surface area contributed by atoms with E-state index in [1.54, 1.807) is 0 Å². The standard InChI is InChI=1S/C8H14O/c1-7(2)6-8-4-3-5-9-8/h6,8H,3-5H2,1-2H3/t8-/m1/s1. The van der Waals surface area contributed by atoms with Crippen LogP contribution < -0.4 is 0 Å². The van der Waals surface area contributed by atoms with Crippen molar-refractivity contribution in [1.29, 1.82) is 0 Å². The summed E-state index contributed by atoms with van der Waals surface area (Å²) in [6.45, 7) is 5.18. The smallest absolute Gasteiger partial charge is 0.0759 e. The number of hydrogen-bond acceptors (Lipinski definition) is 1. The van der Waals surface area contributed by atoms with Gasteiger partial charge in [-0.3, -0.25) is 0 Å². The molecule has 52 valence electrons. The van der Waals surface area contributed by atoms with E-state index in [0.29, 0.717) is 6.10 Å². The van der Waals surface area contributed by atoms with Gasteiger partial charge in [0.2, 0.25) is 0 Å². The van der Waals surface area contributed by atoms with Gasteiger partial charge < -0.3 is 4.74 Å². The first-order valence-corrected chi connectivity index (χ1v) is 3.55. The van der Waals surface area contributed by atoms with Gasteiger partial charge in [-0.15, -0.1) is 0 Å². The molecule has 1 rings (SSSR count).